The molecule has 0 aliphatic rings. The predicted octanol–water partition coefficient (Wildman–Crippen LogP) is 5.14. The number of nitrogens with one attached hydrogen (secondary N) is 1. The molecule has 0 saturated carbocycles. The normalized spacial score (nSPS) is 10.4. The molecule has 2 rings (SSSR count). The van der Waals surface area contributed by atoms with Gasteiger partial charge in [-0.2, -0.15) is 0 Å². The van der Waals surface area contributed by atoms with E-state index in [1.54, 1.807) is 18.2 Å². The molecular weight excluding hydrogens is 378 g/mol. The number of benzene rings is 2. The Kier molecular flexibility index (Phi) is 5.86. The van der Waals surface area contributed by atoms with E-state index in [1.165, 1.54) is 18.2 Å². The molecule has 0 aromatic heterocycles. The first kappa shape index (κ1) is 17.9. The topological polar surface area (TPSA) is 98.3 Å². The molecule has 7 nitrogen and oxygen atoms in total. The van der Waals surface area contributed by atoms with Gasteiger partial charge in [-0.1, -0.05) is 13.3 Å². The van der Waals surface area contributed by atoms with E-state index in [0.29, 0.717) is 16.7 Å². The van der Waals surface area contributed by atoms with E-state index in [0.717, 1.165) is 24.0 Å². The summed E-state index contributed by atoms with van der Waals surface area (Å²) in [7, 11) is 0. The van der Waals surface area contributed by atoms with Gasteiger partial charge in [0, 0.05) is 29.2 Å². The third-order valence-electron chi connectivity index (χ3n) is 3.51. The lowest BCUT2D eigenvalue weighted by Crippen LogP contribution is -2.04. The van der Waals surface area contributed by atoms with Crippen LogP contribution in [0.15, 0.2) is 40.9 Å². The van der Waals surface area contributed by atoms with Crippen molar-refractivity contribution in [2.75, 3.05) is 11.9 Å². The monoisotopic (exact) mass is 393 g/mol. The van der Waals surface area contributed by atoms with Gasteiger partial charge in [0.15, 0.2) is 0 Å². The summed E-state index contributed by atoms with van der Waals surface area (Å²) in [6.07, 6.45) is 1.89. The van der Waals surface area contributed by atoms with E-state index in [-0.39, 0.29) is 11.4 Å². The molecule has 0 amide bonds. The number of anilines is 1. The summed E-state index contributed by atoms with van der Waals surface area (Å²) in [6, 6.07) is 9.22. The minimum atomic E-state index is -0.470. The van der Waals surface area contributed by atoms with Crippen molar-refractivity contribution >= 4 is 33.0 Å². The molecule has 0 radical (unpaired) electrons. The Morgan fingerprint density at radius 2 is 1.83 bits per heavy atom. The zero-order valence-corrected chi connectivity index (χ0v) is 14.6. The number of nitro benzene ring substituents is 2. The van der Waals surface area contributed by atoms with Gasteiger partial charge >= 0.3 is 0 Å². The summed E-state index contributed by atoms with van der Waals surface area (Å²) in [5.41, 5.74) is 1.90. The molecule has 0 unspecified atom stereocenters. The largest absolute Gasteiger partial charge is 0.379 e. The van der Waals surface area contributed by atoms with Crippen LogP contribution in [-0.4, -0.2) is 16.4 Å². The van der Waals surface area contributed by atoms with Gasteiger partial charge in [-0.25, -0.2) is 0 Å². The van der Waals surface area contributed by atoms with Gasteiger partial charge in [-0.15, -0.1) is 0 Å². The van der Waals surface area contributed by atoms with Crippen molar-refractivity contribution in [2.24, 2.45) is 0 Å². The van der Waals surface area contributed by atoms with Crippen LogP contribution in [0, 0.1) is 20.2 Å². The second-order valence-electron chi connectivity index (χ2n) is 5.19. The second-order valence-corrected chi connectivity index (χ2v) is 6.04. The van der Waals surface area contributed by atoms with Gasteiger partial charge in [0.2, 0.25) is 0 Å². The fourth-order valence-corrected chi connectivity index (χ4v) is 2.85. The maximum atomic E-state index is 11.2. The molecule has 2 aromatic rings. The van der Waals surface area contributed by atoms with Crippen LogP contribution in [0.4, 0.5) is 17.1 Å². The Hall–Kier alpha value is -2.48. The van der Waals surface area contributed by atoms with Crippen molar-refractivity contribution in [3.8, 4) is 11.1 Å². The molecule has 0 heterocycles. The average molecular weight is 394 g/mol. The number of nitrogens with zero attached hydrogens (tertiary/aromatic N) is 2. The minimum Gasteiger partial charge on any atom is -0.379 e. The Morgan fingerprint density at radius 1 is 1.08 bits per heavy atom. The molecule has 0 saturated heterocycles. The van der Waals surface area contributed by atoms with E-state index >= 15 is 0 Å². The molecule has 0 bridgehead atoms. The summed E-state index contributed by atoms with van der Waals surface area (Å²) >= 11 is 3.33. The Balaban J connectivity index is 2.42. The highest BCUT2D eigenvalue weighted by Gasteiger charge is 2.16. The van der Waals surface area contributed by atoms with E-state index in [1.807, 2.05) is 6.92 Å². The summed E-state index contributed by atoms with van der Waals surface area (Å²) in [6.45, 7) is 2.68. The molecule has 2 aromatic carbocycles. The van der Waals surface area contributed by atoms with Crippen molar-refractivity contribution < 1.29 is 9.85 Å². The zero-order valence-electron chi connectivity index (χ0n) is 13.0. The maximum absolute atomic E-state index is 11.2. The quantitative estimate of drug-likeness (QED) is 0.398. The van der Waals surface area contributed by atoms with E-state index in [9.17, 15) is 20.2 Å². The Morgan fingerprint density at radius 3 is 2.42 bits per heavy atom. The fraction of sp³-hybridized carbons (Fsp3) is 0.250. The molecular formula is C16H16BrN3O4. The lowest BCUT2D eigenvalue weighted by Gasteiger charge is -2.10. The molecule has 1 N–H and O–H groups in total. The number of rotatable bonds is 7. The summed E-state index contributed by atoms with van der Waals surface area (Å²) in [5.74, 6) is 0. The molecule has 0 aliphatic carbocycles. The Labute approximate surface area is 147 Å². The fourth-order valence-electron chi connectivity index (χ4n) is 2.26. The number of non-ortho nitro benzene ring substituents is 1. The molecule has 8 heteroatoms. The number of nitro groups is 2. The van der Waals surface area contributed by atoms with Crippen molar-refractivity contribution in [1.82, 2.24) is 0 Å². The van der Waals surface area contributed by atoms with Crippen molar-refractivity contribution in [2.45, 2.75) is 19.8 Å². The van der Waals surface area contributed by atoms with Crippen LogP contribution in [0.25, 0.3) is 11.1 Å². The highest BCUT2D eigenvalue weighted by atomic mass is 79.9. The molecule has 0 spiro atoms. The van der Waals surface area contributed by atoms with Gasteiger partial charge in [0.25, 0.3) is 11.4 Å². The van der Waals surface area contributed by atoms with Crippen LogP contribution < -0.4 is 5.32 Å². The first-order valence-corrected chi connectivity index (χ1v) is 8.20. The molecule has 24 heavy (non-hydrogen) atoms. The predicted molar refractivity (Wildman–Crippen MR) is 96.3 cm³/mol. The summed E-state index contributed by atoms with van der Waals surface area (Å²) < 4.78 is 0.560. The van der Waals surface area contributed by atoms with Crippen LogP contribution in [0.5, 0.6) is 0 Å². The number of hydrogen-bond donors (Lipinski definition) is 1. The SMILES string of the molecule is CCCCNc1cc(-c2ccc([N+](=O)[O-])cc2Br)ccc1[N+](=O)[O-]. The average Bonchev–Trinajstić information content (AvgIpc) is 2.54. The first-order valence-electron chi connectivity index (χ1n) is 7.40. The maximum Gasteiger partial charge on any atom is 0.292 e. The van der Waals surface area contributed by atoms with Crippen LogP contribution in [0.1, 0.15) is 19.8 Å². The summed E-state index contributed by atoms with van der Waals surface area (Å²) in [5, 5.41) is 25.1. The zero-order chi connectivity index (χ0) is 17.7. The van der Waals surface area contributed by atoms with Crippen molar-refractivity contribution in [1.29, 1.82) is 0 Å². The van der Waals surface area contributed by atoms with Gasteiger partial charge in [0.05, 0.1) is 9.85 Å². The van der Waals surface area contributed by atoms with Crippen molar-refractivity contribution in [3.63, 3.8) is 0 Å². The smallest absolute Gasteiger partial charge is 0.292 e. The standard InChI is InChI=1S/C16H16BrN3O4/c1-2-3-8-18-15-9-11(4-7-16(15)20(23)24)13-6-5-12(19(21)22)10-14(13)17/h4-7,9-10,18H,2-3,8H2,1H3. The first-order chi connectivity index (χ1) is 11.4. The minimum absolute atomic E-state index is 0.00730. The number of hydrogen-bond acceptors (Lipinski definition) is 5. The highest BCUT2D eigenvalue weighted by molar-refractivity contribution is 9.10. The third-order valence-corrected chi connectivity index (χ3v) is 4.17. The van der Waals surface area contributed by atoms with Crippen LogP contribution in [-0.2, 0) is 0 Å². The molecule has 0 fully saturated rings. The molecule has 0 atom stereocenters. The van der Waals surface area contributed by atoms with Gasteiger partial charge < -0.3 is 5.32 Å². The van der Waals surface area contributed by atoms with Crippen LogP contribution >= 0.6 is 15.9 Å². The molecule has 0 aliphatic heterocycles. The van der Waals surface area contributed by atoms with E-state index < -0.39 is 9.85 Å². The lowest BCUT2D eigenvalue weighted by atomic mass is 10.0. The van der Waals surface area contributed by atoms with Gasteiger partial charge in [-0.05, 0) is 51.7 Å². The molecule has 126 valence electrons. The highest BCUT2D eigenvalue weighted by Crippen LogP contribution is 2.35. The number of halogens is 1. The van der Waals surface area contributed by atoms with E-state index in [2.05, 4.69) is 21.2 Å². The van der Waals surface area contributed by atoms with Gasteiger partial charge in [0.1, 0.15) is 5.69 Å². The van der Waals surface area contributed by atoms with Crippen LogP contribution in [0.3, 0.4) is 0 Å². The van der Waals surface area contributed by atoms with Crippen molar-refractivity contribution in [3.05, 3.63) is 61.1 Å². The summed E-state index contributed by atoms with van der Waals surface area (Å²) in [4.78, 5) is 21.1. The Bertz CT molecular complexity index is 780. The van der Waals surface area contributed by atoms with E-state index in [4.69, 9.17) is 0 Å². The second kappa shape index (κ2) is 7.87. The number of unbranched alkanes of at least 4 members (excludes halogenated alkanes) is 1. The lowest BCUT2D eigenvalue weighted by molar-refractivity contribution is -0.384. The van der Waals surface area contributed by atoms with Crippen LogP contribution in [0.2, 0.25) is 0 Å². The third kappa shape index (κ3) is 4.08. The van der Waals surface area contributed by atoms with Gasteiger partial charge in [-0.3, -0.25) is 20.2 Å².